The van der Waals surface area contributed by atoms with Crippen LogP contribution in [0.15, 0.2) is 30.6 Å². The van der Waals surface area contributed by atoms with Crippen LogP contribution in [0, 0.1) is 0 Å². The van der Waals surface area contributed by atoms with Gasteiger partial charge in [0.05, 0.1) is 11.5 Å². The van der Waals surface area contributed by atoms with Gasteiger partial charge >= 0.3 is 0 Å². The van der Waals surface area contributed by atoms with E-state index in [1.807, 2.05) is 24.4 Å². The first kappa shape index (κ1) is 16.0. The Kier molecular flexibility index (Phi) is 4.39. The third-order valence-electron chi connectivity index (χ3n) is 4.25. The van der Waals surface area contributed by atoms with Crippen LogP contribution in [-0.4, -0.2) is 52.7 Å². The third-order valence-corrected chi connectivity index (χ3v) is 6.00. The SMILES string of the molecule is CCCCN(C(=O)c1cn2ccccc2n1)C1CCS(=O)(=O)C1. The lowest BCUT2D eigenvalue weighted by Gasteiger charge is -2.27. The molecule has 0 aromatic carbocycles. The predicted octanol–water partition coefficient (Wildman–Crippen LogP) is 1.76. The molecule has 1 amide bonds. The Hall–Kier alpha value is -1.89. The fraction of sp³-hybridized carbons (Fsp3) is 0.500. The average molecular weight is 335 g/mol. The number of rotatable bonds is 5. The van der Waals surface area contributed by atoms with E-state index in [4.69, 9.17) is 0 Å². The molecule has 0 saturated carbocycles. The minimum absolute atomic E-state index is 0.0653. The van der Waals surface area contributed by atoms with Crippen molar-refractivity contribution in [2.45, 2.75) is 32.2 Å². The number of amides is 1. The first-order valence-corrected chi connectivity index (χ1v) is 9.77. The Morgan fingerprint density at radius 1 is 1.43 bits per heavy atom. The lowest BCUT2D eigenvalue weighted by molar-refractivity contribution is 0.0689. The molecule has 0 spiro atoms. The summed E-state index contributed by atoms with van der Waals surface area (Å²) < 4.78 is 25.3. The number of aromatic nitrogens is 2. The van der Waals surface area contributed by atoms with E-state index >= 15 is 0 Å². The molecule has 0 aliphatic carbocycles. The Morgan fingerprint density at radius 2 is 2.26 bits per heavy atom. The summed E-state index contributed by atoms with van der Waals surface area (Å²) in [5, 5.41) is 0. The van der Waals surface area contributed by atoms with Gasteiger partial charge in [-0.2, -0.15) is 0 Å². The van der Waals surface area contributed by atoms with Gasteiger partial charge in [0.15, 0.2) is 9.84 Å². The highest BCUT2D eigenvalue weighted by Gasteiger charge is 2.35. The topological polar surface area (TPSA) is 71.8 Å². The predicted molar refractivity (Wildman–Crippen MR) is 88.2 cm³/mol. The number of unbranched alkanes of at least 4 members (excludes halogenated alkanes) is 1. The van der Waals surface area contributed by atoms with Crippen molar-refractivity contribution in [3.05, 3.63) is 36.3 Å². The molecule has 3 heterocycles. The number of carbonyl (C=O) groups excluding carboxylic acids is 1. The Bertz CT molecular complexity index is 780. The number of hydrogen-bond donors (Lipinski definition) is 0. The summed E-state index contributed by atoms with van der Waals surface area (Å²) in [4.78, 5) is 18.9. The van der Waals surface area contributed by atoms with Gasteiger partial charge in [-0.15, -0.1) is 0 Å². The molecule has 7 heteroatoms. The van der Waals surface area contributed by atoms with E-state index in [0.29, 0.717) is 24.3 Å². The second-order valence-corrected chi connectivity index (χ2v) is 8.23. The highest BCUT2D eigenvalue weighted by atomic mass is 32.2. The summed E-state index contributed by atoms with van der Waals surface area (Å²) in [6.45, 7) is 2.63. The van der Waals surface area contributed by atoms with Gasteiger partial charge in [-0.1, -0.05) is 19.4 Å². The summed E-state index contributed by atoms with van der Waals surface area (Å²) in [6.07, 6.45) is 5.88. The van der Waals surface area contributed by atoms with Gasteiger partial charge in [-0.3, -0.25) is 4.79 Å². The van der Waals surface area contributed by atoms with E-state index in [9.17, 15) is 13.2 Å². The fourth-order valence-corrected chi connectivity index (χ4v) is 4.72. The van der Waals surface area contributed by atoms with Crippen molar-refractivity contribution in [3.63, 3.8) is 0 Å². The van der Waals surface area contributed by atoms with Crippen molar-refractivity contribution < 1.29 is 13.2 Å². The Morgan fingerprint density at radius 3 is 2.91 bits per heavy atom. The summed E-state index contributed by atoms with van der Waals surface area (Å²) in [5.41, 5.74) is 1.09. The second-order valence-electron chi connectivity index (χ2n) is 6.00. The maximum absolute atomic E-state index is 12.9. The molecular weight excluding hydrogens is 314 g/mol. The number of sulfone groups is 1. The molecule has 1 atom stereocenters. The minimum Gasteiger partial charge on any atom is -0.333 e. The number of fused-ring (bicyclic) bond motifs is 1. The van der Waals surface area contributed by atoms with Crippen molar-refractivity contribution in [1.82, 2.24) is 14.3 Å². The summed E-state index contributed by atoms with van der Waals surface area (Å²) in [6, 6.07) is 5.35. The van der Waals surface area contributed by atoms with Gasteiger partial charge in [-0.25, -0.2) is 13.4 Å². The lowest BCUT2D eigenvalue weighted by atomic mass is 10.2. The molecule has 0 N–H and O–H groups in total. The molecule has 1 aliphatic heterocycles. The second kappa shape index (κ2) is 6.31. The van der Waals surface area contributed by atoms with E-state index in [1.165, 1.54) is 0 Å². The highest BCUT2D eigenvalue weighted by molar-refractivity contribution is 7.91. The van der Waals surface area contributed by atoms with Crippen LogP contribution >= 0.6 is 0 Å². The first-order valence-electron chi connectivity index (χ1n) is 7.95. The van der Waals surface area contributed by atoms with Crippen molar-refractivity contribution in [2.24, 2.45) is 0 Å². The van der Waals surface area contributed by atoms with Crippen LogP contribution in [0.2, 0.25) is 0 Å². The molecule has 1 fully saturated rings. The van der Waals surface area contributed by atoms with E-state index in [0.717, 1.165) is 12.8 Å². The Labute approximate surface area is 136 Å². The molecule has 1 unspecified atom stereocenters. The average Bonchev–Trinajstić information content (AvgIpc) is 3.10. The van der Waals surface area contributed by atoms with E-state index in [2.05, 4.69) is 11.9 Å². The molecule has 0 radical (unpaired) electrons. The van der Waals surface area contributed by atoms with Crippen LogP contribution in [0.3, 0.4) is 0 Å². The van der Waals surface area contributed by atoms with E-state index in [1.54, 1.807) is 15.5 Å². The minimum atomic E-state index is -3.03. The van der Waals surface area contributed by atoms with Gasteiger partial charge in [0, 0.05) is 25.0 Å². The highest BCUT2D eigenvalue weighted by Crippen LogP contribution is 2.20. The maximum Gasteiger partial charge on any atom is 0.274 e. The van der Waals surface area contributed by atoms with Crippen LogP contribution in [0.4, 0.5) is 0 Å². The normalized spacial score (nSPS) is 20.0. The molecule has 1 saturated heterocycles. The van der Waals surface area contributed by atoms with Gasteiger partial charge in [0.1, 0.15) is 11.3 Å². The molecular formula is C16H21N3O3S. The number of carbonyl (C=O) groups is 1. The van der Waals surface area contributed by atoms with Crippen LogP contribution in [0.1, 0.15) is 36.7 Å². The molecule has 23 heavy (non-hydrogen) atoms. The largest absolute Gasteiger partial charge is 0.333 e. The van der Waals surface area contributed by atoms with Crippen LogP contribution < -0.4 is 0 Å². The smallest absolute Gasteiger partial charge is 0.274 e. The lowest BCUT2D eigenvalue weighted by Crippen LogP contribution is -2.42. The van der Waals surface area contributed by atoms with Crippen molar-refractivity contribution in [1.29, 1.82) is 0 Å². The van der Waals surface area contributed by atoms with Gasteiger partial charge in [0.25, 0.3) is 5.91 Å². The summed E-state index contributed by atoms with van der Waals surface area (Å²) in [7, 11) is -3.03. The zero-order valence-electron chi connectivity index (χ0n) is 13.2. The van der Waals surface area contributed by atoms with Crippen molar-refractivity contribution in [2.75, 3.05) is 18.1 Å². The number of pyridine rings is 1. The Balaban J connectivity index is 1.87. The standard InChI is InChI=1S/C16H21N3O3S/c1-2-3-9-19(13-7-10-23(21,22)12-13)16(20)14-11-18-8-5-4-6-15(18)17-14/h4-6,8,11,13H,2-3,7,9-10,12H2,1H3. The molecule has 2 aromatic heterocycles. The van der Waals surface area contributed by atoms with Crippen LogP contribution in [0.5, 0.6) is 0 Å². The van der Waals surface area contributed by atoms with Gasteiger partial charge in [0.2, 0.25) is 0 Å². The quantitative estimate of drug-likeness (QED) is 0.835. The van der Waals surface area contributed by atoms with E-state index < -0.39 is 9.84 Å². The monoisotopic (exact) mass is 335 g/mol. The zero-order valence-corrected chi connectivity index (χ0v) is 14.0. The van der Waals surface area contributed by atoms with Crippen LogP contribution in [0.25, 0.3) is 5.65 Å². The van der Waals surface area contributed by atoms with Crippen molar-refractivity contribution in [3.8, 4) is 0 Å². The zero-order chi connectivity index (χ0) is 16.4. The number of hydrogen-bond acceptors (Lipinski definition) is 4. The molecule has 0 bridgehead atoms. The molecule has 3 rings (SSSR count). The molecule has 2 aromatic rings. The summed E-state index contributed by atoms with van der Waals surface area (Å²) in [5.74, 6) is 0.0541. The fourth-order valence-electron chi connectivity index (χ4n) is 2.98. The molecule has 1 aliphatic rings. The maximum atomic E-state index is 12.9. The van der Waals surface area contributed by atoms with Gasteiger partial charge in [-0.05, 0) is 25.0 Å². The molecule has 6 nitrogen and oxygen atoms in total. The number of nitrogens with zero attached hydrogens (tertiary/aromatic N) is 3. The van der Waals surface area contributed by atoms with E-state index in [-0.39, 0.29) is 23.5 Å². The summed E-state index contributed by atoms with van der Waals surface area (Å²) >= 11 is 0. The van der Waals surface area contributed by atoms with Crippen molar-refractivity contribution >= 4 is 21.4 Å². The third kappa shape index (κ3) is 3.39. The van der Waals surface area contributed by atoms with Crippen LogP contribution in [-0.2, 0) is 9.84 Å². The van der Waals surface area contributed by atoms with Gasteiger partial charge < -0.3 is 9.30 Å². The number of imidazole rings is 1. The first-order chi connectivity index (χ1) is 11.0. The molecule has 124 valence electrons.